The number of amides is 2. The maximum absolute atomic E-state index is 13.7. The molecule has 7 nitrogen and oxygen atoms in total. The Hall–Kier alpha value is -2.54. The van der Waals surface area contributed by atoms with Crippen LogP contribution in [0.3, 0.4) is 0 Å². The predicted octanol–water partition coefficient (Wildman–Crippen LogP) is 3.23. The molecule has 1 saturated carbocycles. The Bertz CT molecular complexity index is 852. The number of benzene rings is 1. The Morgan fingerprint density at radius 2 is 1.52 bits per heavy atom. The van der Waals surface area contributed by atoms with E-state index in [0.717, 1.165) is 25.7 Å². The topological polar surface area (TPSA) is 68.3 Å². The second-order valence-electron chi connectivity index (χ2n) is 8.37. The lowest BCUT2D eigenvalue weighted by Crippen LogP contribution is -2.44. The van der Waals surface area contributed by atoms with Gasteiger partial charge in [0.2, 0.25) is 0 Å². The fraction of sp³-hybridized carbons (Fsp3) is 0.583. The summed E-state index contributed by atoms with van der Waals surface area (Å²) in [6.07, 6.45) is 7.45. The molecule has 0 radical (unpaired) electrons. The first-order chi connectivity index (χ1) is 15.2. The van der Waals surface area contributed by atoms with Gasteiger partial charge in [0, 0.05) is 19.1 Å². The molecule has 7 heteroatoms. The molecule has 1 aromatic rings. The highest BCUT2D eigenvalue weighted by atomic mass is 16.5. The zero-order chi connectivity index (χ0) is 21.8. The van der Waals surface area contributed by atoms with Crippen molar-refractivity contribution in [1.29, 1.82) is 0 Å². The van der Waals surface area contributed by atoms with Gasteiger partial charge in [0.25, 0.3) is 11.8 Å². The second-order valence-corrected chi connectivity index (χ2v) is 8.37. The van der Waals surface area contributed by atoms with Crippen LogP contribution in [0, 0.1) is 0 Å². The van der Waals surface area contributed by atoms with Gasteiger partial charge < -0.3 is 19.1 Å². The van der Waals surface area contributed by atoms with Gasteiger partial charge in [-0.15, -0.1) is 0 Å². The molecule has 1 aromatic carbocycles. The molecule has 2 heterocycles. The number of hydrogen-bond acceptors (Lipinski definition) is 6. The molecule has 0 unspecified atom stereocenters. The summed E-state index contributed by atoms with van der Waals surface area (Å²) in [5.41, 5.74) is 1.66. The number of rotatable bonds is 5. The molecule has 2 amide bonds. The van der Waals surface area contributed by atoms with Crippen molar-refractivity contribution in [3.8, 4) is 11.5 Å². The highest BCUT2D eigenvalue weighted by Crippen LogP contribution is 2.38. The van der Waals surface area contributed by atoms with Crippen LogP contribution in [0.2, 0.25) is 0 Å². The summed E-state index contributed by atoms with van der Waals surface area (Å²) in [5, 5.41) is 0. The normalized spacial score (nSPS) is 21.4. The third-order valence-electron chi connectivity index (χ3n) is 6.53. The third-order valence-corrected chi connectivity index (χ3v) is 6.53. The largest absolute Gasteiger partial charge is 0.493 e. The summed E-state index contributed by atoms with van der Waals surface area (Å²) >= 11 is 0. The molecule has 0 atom stereocenters. The molecule has 0 aromatic heterocycles. The van der Waals surface area contributed by atoms with Crippen LogP contribution >= 0.6 is 0 Å². The zero-order valence-corrected chi connectivity index (χ0v) is 18.5. The summed E-state index contributed by atoms with van der Waals surface area (Å²) < 4.78 is 16.3. The average molecular weight is 429 g/mol. The van der Waals surface area contributed by atoms with E-state index in [2.05, 4.69) is 0 Å². The fourth-order valence-electron chi connectivity index (χ4n) is 4.89. The Balaban J connectivity index is 1.75. The van der Waals surface area contributed by atoms with Crippen LogP contribution < -0.4 is 9.47 Å². The van der Waals surface area contributed by atoms with Gasteiger partial charge in [-0.05, 0) is 30.5 Å². The molecule has 168 valence electrons. The SMILES string of the molecule is COc1ccc(C2=C(N3CCOCC3)C(=O)N(C3CCCCCCC3)C2=O)cc1OC. The molecule has 0 spiro atoms. The third kappa shape index (κ3) is 4.28. The van der Waals surface area contributed by atoms with Gasteiger partial charge in [-0.3, -0.25) is 14.5 Å². The van der Waals surface area contributed by atoms with E-state index < -0.39 is 0 Å². The van der Waals surface area contributed by atoms with Crippen molar-refractivity contribution in [1.82, 2.24) is 9.80 Å². The van der Waals surface area contributed by atoms with Gasteiger partial charge in [0.1, 0.15) is 5.70 Å². The zero-order valence-electron chi connectivity index (χ0n) is 18.5. The lowest BCUT2D eigenvalue weighted by molar-refractivity contribution is -0.141. The molecule has 0 N–H and O–H groups in total. The quantitative estimate of drug-likeness (QED) is 0.671. The number of morpholine rings is 1. The summed E-state index contributed by atoms with van der Waals surface area (Å²) in [7, 11) is 3.15. The van der Waals surface area contributed by atoms with Crippen LogP contribution in [0.25, 0.3) is 5.57 Å². The van der Waals surface area contributed by atoms with Gasteiger partial charge in [0.15, 0.2) is 11.5 Å². The molecule has 2 aliphatic heterocycles. The minimum Gasteiger partial charge on any atom is -0.493 e. The van der Waals surface area contributed by atoms with Gasteiger partial charge in [0.05, 0.1) is 33.0 Å². The first-order valence-electron chi connectivity index (χ1n) is 11.3. The van der Waals surface area contributed by atoms with E-state index in [1.54, 1.807) is 31.3 Å². The van der Waals surface area contributed by atoms with Crippen molar-refractivity contribution in [2.75, 3.05) is 40.5 Å². The fourth-order valence-corrected chi connectivity index (χ4v) is 4.89. The van der Waals surface area contributed by atoms with Crippen LogP contribution in [-0.4, -0.2) is 68.2 Å². The smallest absolute Gasteiger partial charge is 0.278 e. The van der Waals surface area contributed by atoms with Crippen molar-refractivity contribution in [3.05, 3.63) is 29.5 Å². The van der Waals surface area contributed by atoms with E-state index in [-0.39, 0.29) is 17.9 Å². The highest BCUT2D eigenvalue weighted by molar-refractivity contribution is 6.35. The number of methoxy groups -OCH3 is 2. The number of carbonyl (C=O) groups is 2. The highest BCUT2D eigenvalue weighted by Gasteiger charge is 2.45. The van der Waals surface area contributed by atoms with Crippen molar-refractivity contribution in [3.63, 3.8) is 0 Å². The van der Waals surface area contributed by atoms with Gasteiger partial charge in [-0.2, -0.15) is 0 Å². The van der Waals surface area contributed by atoms with Crippen LogP contribution in [0.5, 0.6) is 11.5 Å². The molecular weight excluding hydrogens is 396 g/mol. The summed E-state index contributed by atoms with van der Waals surface area (Å²) in [4.78, 5) is 31.0. The summed E-state index contributed by atoms with van der Waals surface area (Å²) in [6, 6.07) is 5.38. The van der Waals surface area contributed by atoms with Crippen molar-refractivity contribution >= 4 is 17.4 Å². The Kier molecular flexibility index (Phi) is 6.80. The van der Waals surface area contributed by atoms with Crippen LogP contribution in [0.4, 0.5) is 0 Å². The van der Waals surface area contributed by atoms with E-state index in [0.29, 0.717) is 54.6 Å². The van der Waals surface area contributed by atoms with Gasteiger partial charge in [-0.25, -0.2) is 0 Å². The number of nitrogens with zero attached hydrogens (tertiary/aromatic N) is 2. The van der Waals surface area contributed by atoms with Crippen molar-refractivity contribution in [2.45, 2.75) is 51.0 Å². The number of imide groups is 1. The van der Waals surface area contributed by atoms with E-state index in [1.165, 1.54) is 19.3 Å². The van der Waals surface area contributed by atoms with E-state index in [1.807, 2.05) is 11.0 Å². The van der Waals surface area contributed by atoms with Crippen LogP contribution in [0.1, 0.15) is 50.5 Å². The van der Waals surface area contributed by atoms with Crippen molar-refractivity contribution in [2.24, 2.45) is 0 Å². The number of hydrogen-bond donors (Lipinski definition) is 0. The maximum atomic E-state index is 13.7. The molecule has 0 bridgehead atoms. The average Bonchev–Trinajstić information content (AvgIpc) is 3.04. The lowest BCUT2D eigenvalue weighted by atomic mass is 9.95. The Morgan fingerprint density at radius 1 is 0.871 bits per heavy atom. The predicted molar refractivity (Wildman–Crippen MR) is 117 cm³/mol. The molecule has 2 fully saturated rings. The Labute approximate surface area is 183 Å². The van der Waals surface area contributed by atoms with E-state index in [4.69, 9.17) is 14.2 Å². The molecule has 1 aliphatic carbocycles. The second kappa shape index (κ2) is 9.73. The molecule has 31 heavy (non-hydrogen) atoms. The summed E-state index contributed by atoms with van der Waals surface area (Å²) in [5.74, 6) is 0.776. The van der Waals surface area contributed by atoms with E-state index >= 15 is 0 Å². The standard InChI is InChI=1S/C24H32N2O5/c1-29-19-11-10-17(16-20(19)30-2)21-22(25-12-14-31-15-13-25)24(28)26(23(21)27)18-8-6-4-3-5-7-9-18/h10-11,16,18H,3-9,12-15H2,1-2H3. The van der Waals surface area contributed by atoms with Crippen molar-refractivity contribution < 1.29 is 23.8 Å². The van der Waals surface area contributed by atoms with Gasteiger partial charge >= 0.3 is 0 Å². The maximum Gasteiger partial charge on any atom is 0.278 e. The first-order valence-corrected chi connectivity index (χ1v) is 11.3. The summed E-state index contributed by atoms with van der Waals surface area (Å²) in [6.45, 7) is 2.30. The number of carbonyl (C=O) groups excluding carboxylic acids is 2. The molecule has 4 rings (SSSR count). The van der Waals surface area contributed by atoms with Gasteiger partial charge in [-0.1, -0.05) is 38.2 Å². The number of ether oxygens (including phenoxy) is 3. The van der Waals surface area contributed by atoms with E-state index in [9.17, 15) is 9.59 Å². The van der Waals surface area contributed by atoms with Crippen LogP contribution in [-0.2, 0) is 14.3 Å². The monoisotopic (exact) mass is 428 g/mol. The molecular formula is C24H32N2O5. The lowest BCUT2D eigenvalue weighted by Gasteiger charge is -2.31. The minimum absolute atomic E-state index is 0.0333. The molecule has 1 saturated heterocycles. The first kappa shape index (κ1) is 21.7. The Morgan fingerprint density at radius 3 is 2.16 bits per heavy atom. The minimum atomic E-state index is -0.190. The van der Waals surface area contributed by atoms with Crippen LogP contribution in [0.15, 0.2) is 23.9 Å². The molecule has 3 aliphatic rings.